The van der Waals surface area contributed by atoms with E-state index in [-0.39, 0.29) is 17.9 Å². The molecule has 0 bridgehead atoms. The molecule has 0 saturated heterocycles. The molecule has 2 aromatic carbocycles. The number of fused-ring (bicyclic) bond motifs is 3. The standard InChI is InChI=1S/C20H21N5O2/c1-26-13-6-3-11(4-7-13)19-17-16(21)9-12-5-8-14(27-2)10-15(12)18(17)24-25(19)20(22)23/h3-8,10,17,19,21H,9H2,1-2H3,(H3,22,23). The number of nitrogens with one attached hydrogen (secondary N) is 2. The molecule has 2 atom stereocenters. The lowest BCUT2D eigenvalue weighted by atomic mass is 9.76. The van der Waals surface area contributed by atoms with Crippen molar-refractivity contribution in [2.45, 2.75) is 12.5 Å². The Balaban J connectivity index is 1.83. The van der Waals surface area contributed by atoms with Gasteiger partial charge >= 0.3 is 0 Å². The van der Waals surface area contributed by atoms with Crippen LogP contribution in [0.3, 0.4) is 0 Å². The predicted molar refractivity (Wildman–Crippen MR) is 104 cm³/mol. The minimum absolute atomic E-state index is 0.144. The number of benzene rings is 2. The molecule has 4 rings (SSSR count). The lowest BCUT2D eigenvalue weighted by Crippen LogP contribution is -2.39. The predicted octanol–water partition coefficient (Wildman–Crippen LogP) is 2.55. The first kappa shape index (κ1) is 17.1. The van der Waals surface area contributed by atoms with E-state index in [0.717, 1.165) is 33.9 Å². The number of rotatable bonds is 3. The van der Waals surface area contributed by atoms with Crippen LogP contribution in [0.5, 0.6) is 11.5 Å². The number of nitrogens with zero attached hydrogens (tertiary/aromatic N) is 2. The summed E-state index contributed by atoms with van der Waals surface area (Å²) >= 11 is 0. The number of ether oxygens (including phenoxy) is 2. The number of hydrogen-bond donors (Lipinski definition) is 3. The second kappa shape index (κ2) is 6.42. The zero-order valence-electron chi connectivity index (χ0n) is 15.2. The van der Waals surface area contributed by atoms with Crippen LogP contribution >= 0.6 is 0 Å². The van der Waals surface area contributed by atoms with E-state index < -0.39 is 0 Å². The lowest BCUT2D eigenvalue weighted by Gasteiger charge is -2.30. The Morgan fingerprint density at radius 1 is 1.11 bits per heavy atom. The molecular formula is C20H21N5O2. The van der Waals surface area contributed by atoms with Crippen molar-refractivity contribution in [2.24, 2.45) is 16.8 Å². The highest BCUT2D eigenvalue weighted by molar-refractivity contribution is 6.20. The van der Waals surface area contributed by atoms with Crippen LogP contribution < -0.4 is 15.2 Å². The van der Waals surface area contributed by atoms with Crippen molar-refractivity contribution >= 4 is 17.4 Å². The molecule has 138 valence electrons. The molecule has 27 heavy (non-hydrogen) atoms. The average molecular weight is 363 g/mol. The van der Waals surface area contributed by atoms with Crippen LogP contribution in [0.25, 0.3) is 0 Å². The number of methoxy groups -OCH3 is 2. The normalized spacial score (nSPS) is 20.6. The minimum Gasteiger partial charge on any atom is -0.497 e. The van der Waals surface area contributed by atoms with Gasteiger partial charge in [0.1, 0.15) is 11.5 Å². The molecule has 7 nitrogen and oxygen atoms in total. The van der Waals surface area contributed by atoms with Gasteiger partial charge in [-0.1, -0.05) is 18.2 Å². The smallest absolute Gasteiger partial charge is 0.209 e. The van der Waals surface area contributed by atoms with Crippen molar-refractivity contribution in [3.8, 4) is 11.5 Å². The van der Waals surface area contributed by atoms with Crippen LogP contribution in [0.2, 0.25) is 0 Å². The van der Waals surface area contributed by atoms with Gasteiger partial charge in [0.25, 0.3) is 0 Å². The first-order valence-electron chi connectivity index (χ1n) is 8.63. The third kappa shape index (κ3) is 2.71. The Bertz CT molecular complexity index is 951. The van der Waals surface area contributed by atoms with Crippen molar-refractivity contribution in [2.75, 3.05) is 14.2 Å². The second-order valence-corrected chi connectivity index (χ2v) is 6.64. The molecule has 4 N–H and O–H groups in total. The fourth-order valence-corrected chi connectivity index (χ4v) is 3.84. The molecule has 2 unspecified atom stereocenters. The van der Waals surface area contributed by atoms with E-state index in [1.807, 2.05) is 42.5 Å². The van der Waals surface area contributed by atoms with Crippen molar-refractivity contribution < 1.29 is 9.47 Å². The Morgan fingerprint density at radius 2 is 1.78 bits per heavy atom. The molecular weight excluding hydrogens is 342 g/mol. The zero-order valence-corrected chi connectivity index (χ0v) is 15.2. The van der Waals surface area contributed by atoms with Crippen LogP contribution in [-0.4, -0.2) is 36.6 Å². The maximum Gasteiger partial charge on any atom is 0.209 e. The molecule has 0 saturated carbocycles. The fourth-order valence-electron chi connectivity index (χ4n) is 3.84. The van der Waals surface area contributed by atoms with Crippen LogP contribution in [-0.2, 0) is 6.42 Å². The first-order chi connectivity index (χ1) is 13.0. The van der Waals surface area contributed by atoms with Crippen LogP contribution in [0.4, 0.5) is 0 Å². The van der Waals surface area contributed by atoms with Crippen LogP contribution in [0.1, 0.15) is 22.7 Å². The third-order valence-electron chi connectivity index (χ3n) is 5.14. The number of nitrogens with two attached hydrogens (primary N) is 1. The SMILES string of the molecule is COc1ccc(C2C3C(=N)Cc4ccc(OC)cc4C3=NN2C(=N)N)cc1. The quantitative estimate of drug-likeness (QED) is 0.575. The molecule has 0 spiro atoms. The third-order valence-corrected chi connectivity index (χ3v) is 5.14. The van der Waals surface area contributed by atoms with Crippen LogP contribution in [0.15, 0.2) is 47.6 Å². The average Bonchev–Trinajstić information content (AvgIpc) is 3.10. The van der Waals surface area contributed by atoms with E-state index >= 15 is 0 Å². The van der Waals surface area contributed by atoms with E-state index in [4.69, 9.17) is 26.0 Å². The number of hydrogen-bond acceptors (Lipinski definition) is 5. The first-order valence-corrected chi connectivity index (χ1v) is 8.63. The Labute approximate surface area is 157 Å². The fraction of sp³-hybridized carbons (Fsp3) is 0.250. The second-order valence-electron chi connectivity index (χ2n) is 6.64. The van der Waals surface area contributed by atoms with Gasteiger partial charge in [-0.3, -0.25) is 5.41 Å². The van der Waals surface area contributed by atoms with Gasteiger partial charge in [0.05, 0.1) is 31.9 Å². The van der Waals surface area contributed by atoms with Gasteiger partial charge in [0, 0.05) is 17.7 Å². The molecule has 0 aromatic heterocycles. The van der Waals surface area contributed by atoms with Gasteiger partial charge in [-0.2, -0.15) is 5.10 Å². The van der Waals surface area contributed by atoms with Gasteiger partial charge in [-0.05, 0) is 35.4 Å². The van der Waals surface area contributed by atoms with Crippen molar-refractivity contribution in [1.29, 1.82) is 10.8 Å². The highest BCUT2D eigenvalue weighted by Gasteiger charge is 2.45. The number of hydrazone groups is 1. The highest BCUT2D eigenvalue weighted by atomic mass is 16.5. The summed E-state index contributed by atoms with van der Waals surface area (Å²) in [5.41, 5.74) is 10.1. The molecule has 0 amide bonds. The molecule has 2 aromatic rings. The van der Waals surface area contributed by atoms with Gasteiger partial charge in [0.2, 0.25) is 5.96 Å². The van der Waals surface area contributed by atoms with Gasteiger partial charge in [0.15, 0.2) is 0 Å². The summed E-state index contributed by atoms with van der Waals surface area (Å²) in [6, 6.07) is 13.1. The maximum atomic E-state index is 8.66. The Morgan fingerprint density at radius 3 is 2.41 bits per heavy atom. The van der Waals surface area contributed by atoms with Crippen molar-refractivity contribution in [3.63, 3.8) is 0 Å². The summed E-state index contributed by atoms with van der Waals surface area (Å²) in [4.78, 5) is 0. The highest BCUT2D eigenvalue weighted by Crippen LogP contribution is 2.42. The summed E-state index contributed by atoms with van der Waals surface area (Å²) in [6.07, 6.45) is 0.543. The monoisotopic (exact) mass is 363 g/mol. The van der Waals surface area contributed by atoms with E-state index in [0.29, 0.717) is 12.1 Å². The van der Waals surface area contributed by atoms with E-state index in [2.05, 4.69) is 5.10 Å². The molecule has 0 radical (unpaired) electrons. The summed E-state index contributed by atoms with van der Waals surface area (Å²) in [7, 11) is 3.25. The summed E-state index contributed by atoms with van der Waals surface area (Å²) in [5.74, 6) is 1.09. The van der Waals surface area contributed by atoms with Crippen LogP contribution in [0, 0.1) is 16.7 Å². The Hall–Kier alpha value is -3.35. The lowest BCUT2D eigenvalue weighted by molar-refractivity contribution is 0.340. The largest absolute Gasteiger partial charge is 0.497 e. The zero-order chi connectivity index (χ0) is 19.1. The molecule has 7 heteroatoms. The molecule has 1 aliphatic heterocycles. The molecule has 1 heterocycles. The minimum atomic E-state index is -0.324. The Kier molecular flexibility index (Phi) is 4.07. The summed E-state index contributed by atoms with van der Waals surface area (Å²) < 4.78 is 10.6. The maximum absolute atomic E-state index is 8.66. The summed E-state index contributed by atoms with van der Waals surface area (Å²) in [5, 5.41) is 22.8. The van der Waals surface area contributed by atoms with Gasteiger partial charge < -0.3 is 20.6 Å². The molecule has 2 aliphatic rings. The van der Waals surface area contributed by atoms with E-state index in [1.54, 1.807) is 14.2 Å². The number of guanidine groups is 1. The molecule has 1 aliphatic carbocycles. The van der Waals surface area contributed by atoms with Crippen molar-refractivity contribution in [1.82, 2.24) is 5.01 Å². The molecule has 0 fully saturated rings. The van der Waals surface area contributed by atoms with Gasteiger partial charge in [-0.25, -0.2) is 5.01 Å². The van der Waals surface area contributed by atoms with Crippen molar-refractivity contribution in [3.05, 3.63) is 59.2 Å². The van der Waals surface area contributed by atoms with E-state index in [9.17, 15) is 0 Å². The topological polar surface area (TPSA) is 108 Å². The van der Waals surface area contributed by atoms with Gasteiger partial charge in [-0.15, -0.1) is 0 Å². The summed E-state index contributed by atoms with van der Waals surface area (Å²) in [6.45, 7) is 0. The van der Waals surface area contributed by atoms with E-state index in [1.165, 1.54) is 5.01 Å².